The summed E-state index contributed by atoms with van der Waals surface area (Å²) in [7, 11) is 3.19. The summed E-state index contributed by atoms with van der Waals surface area (Å²) < 4.78 is 16.3. The lowest BCUT2D eigenvalue weighted by atomic mass is 10.1. The first-order valence-corrected chi connectivity index (χ1v) is 9.73. The lowest BCUT2D eigenvalue weighted by molar-refractivity contribution is -0.117. The van der Waals surface area contributed by atoms with Crippen LogP contribution in [0.25, 0.3) is 6.08 Å². The van der Waals surface area contributed by atoms with E-state index in [9.17, 15) is 4.79 Å². The van der Waals surface area contributed by atoms with Crippen molar-refractivity contribution in [3.05, 3.63) is 65.7 Å². The number of methoxy groups -OCH3 is 2. The minimum atomic E-state index is -0.161. The molecule has 0 bridgehead atoms. The van der Waals surface area contributed by atoms with E-state index in [-0.39, 0.29) is 12.0 Å². The van der Waals surface area contributed by atoms with Crippen LogP contribution in [-0.4, -0.2) is 57.4 Å². The van der Waals surface area contributed by atoms with Gasteiger partial charge in [-0.3, -0.25) is 9.69 Å². The summed E-state index contributed by atoms with van der Waals surface area (Å²) in [6.45, 7) is 3.74. The number of amides is 1. The summed E-state index contributed by atoms with van der Waals surface area (Å²) in [5.74, 6) is 1.20. The predicted molar refractivity (Wildman–Crippen MR) is 113 cm³/mol. The summed E-state index contributed by atoms with van der Waals surface area (Å²) in [5, 5.41) is 2.92. The van der Waals surface area contributed by atoms with Gasteiger partial charge in [-0.15, -0.1) is 0 Å². The Morgan fingerprint density at radius 3 is 2.79 bits per heavy atom. The molecule has 2 aromatic carbocycles. The van der Waals surface area contributed by atoms with Crippen molar-refractivity contribution in [3.63, 3.8) is 0 Å². The Morgan fingerprint density at radius 2 is 2.03 bits per heavy atom. The van der Waals surface area contributed by atoms with Crippen molar-refractivity contribution >= 4 is 12.0 Å². The third-order valence-corrected chi connectivity index (χ3v) is 4.83. The van der Waals surface area contributed by atoms with Gasteiger partial charge in [0.2, 0.25) is 5.91 Å². The third kappa shape index (κ3) is 6.34. The number of nitrogens with zero attached hydrogens (tertiary/aromatic N) is 1. The molecule has 29 heavy (non-hydrogen) atoms. The van der Waals surface area contributed by atoms with Gasteiger partial charge in [-0.25, -0.2) is 0 Å². The zero-order chi connectivity index (χ0) is 20.5. The molecule has 1 atom stereocenters. The van der Waals surface area contributed by atoms with Crippen LogP contribution >= 0.6 is 0 Å². The van der Waals surface area contributed by atoms with Crippen LogP contribution in [0.4, 0.5) is 0 Å². The van der Waals surface area contributed by atoms with Gasteiger partial charge in [-0.05, 0) is 23.8 Å². The van der Waals surface area contributed by atoms with Crippen LogP contribution in [0.3, 0.4) is 0 Å². The molecular formula is C23H28N2O4. The molecule has 1 N–H and O–H groups in total. The molecule has 1 saturated heterocycles. The van der Waals surface area contributed by atoms with E-state index in [1.54, 1.807) is 26.4 Å². The van der Waals surface area contributed by atoms with Crippen molar-refractivity contribution in [1.82, 2.24) is 10.2 Å². The molecule has 6 nitrogen and oxygen atoms in total. The van der Waals surface area contributed by atoms with Crippen LogP contribution in [0.15, 0.2) is 54.6 Å². The maximum atomic E-state index is 12.2. The van der Waals surface area contributed by atoms with Gasteiger partial charge in [0.1, 0.15) is 11.5 Å². The largest absolute Gasteiger partial charge is 0.497 e. The minimum absolute atomic E-state index is 0.0136. The molecule has 1 unspecified atom stereocenters. The molecule has 1 fully saturated rings. The van der Waals surface area contributed by atoms with E-state index in [0.29, 0.717) is 24.7 Å². The Hall–Kier alpha value is -2.83. The van der Waals surface area contributed by atoms with Gasteiger partial charge in [-0.2, -0.15) is 0 Å². The van der Waals surface area contributed by atoms with Gasteiger partial charge in [0.05, 0.1) is 26.9 Å². The zero-order valence-corrected chi connectivity index (χ0v) is 17.0. The molecular weight excluding hydrogens is 368 g/mol. The highest BCUT2D eigenvalue weighted by molar-refractivity contribution is 5.92. The van der Waals surface area contributed by atoms with E-state index < -0.39 is 0 Å². The van der Waals surface area contributed by atoms with E-state index in [1.165, 1.54) is 11.6 Å². The standard InChI is InChI=1S/C23H28N2O4/c1-27-20-10-8-19(22(14-20)28-2)9-11-23(26)24-15-21-17-25(12-13-29-21)16-18-6-4-3-5-7-18/h3-11,14,21H,12-13,15-17H2,1-2H3,(H,24,26). The molecule has 3 rings (SSSR count). The maximum absolute atomic E-state index is 12.2. The average molecular weight is 396 g/mol. The van der Waals surface area contributed by atoms with Gasteiger partial charge in [0.15, 0.2) is 0 Å². The number of carbonyl (C=O) groups is 1. The highest BCUT2D eigenvalue weighted by Crippen LogP contribution is 2.25. The van der Waals surface area contributed by atoms with Crippen LogP contribution < -0.4 is 14.8 Å². The molecule has 6 heteroatoms. The van der Waals surface area contributed by atoms with Crippen molar-refractivity contribution in [1.29, 1.82) is 0 Å². The second kappa shape index (κ2) is 10.6. The highest BCUT2D eigenvalue weighted by atomic mass is 16.5. The first kappa shape index (κ1) is 20.9. The van der Waals surface area contributed by atoms with Crippen molar-refractivity contribution < 1.29 is 19.0 Å². The molecule has 0 saturated carbocycles. The SMILES string of the molecule is COc1ccc(C=CC(=O)NCC2CN(Cc3ccccc3)CCO2)c(OC)c1. The molecule has 154 valence electrons. The molecule has 0 aromatic heterocycles. The second-order valence-corrected chi connectivity index (χ2v) is 6.90. The normalized spacial score (nSPS) is 17.2. The van der Waals surface area contributed by atoms with Crippen molar-refractivity contribution in [2.75, 3.05) is 40.5 Å². The number of morpholine rings is 1. The molecule has 2 aromatic rings. The van der Waals surface area contributed by atoms with Crippen molar-refractivity contribution in [3.8, 4) is 11.5 Å². The maximum Gasteiger partial charge on any atom is 0.244 e. The number of hydrogen-bond donors (Lipinski definition) is 1. The second-order valence-electron chi connectivity index (χ2n) is 6.90. The Kier molecular flexibility index (Phi) is 7.67. The fourth-order valence-electron chi connectivity index (χ4n) is 3.28. The summed E-state index contributed by atoms with van der Waals surface area (Å²) in [4.78, 5) is 14.6. The predicted octanol–water partition coefficient (Wildman–Crippen LogP) is 2.73. The number of hydrogen-bond acceptors (Lipinski definition) is 5. The number of benzene rings is 2. The molecule has 1 amide bonds. The number of ether oxygens (including phenoxy) is 3. The van der Waals surface area contributed by atoms with E-state index in [4.69, 9.17) is 14.2 Å². The average Bonchev–Trinajstić information content (AvgIpc) is 2.77. The number of carbonyl (C=O) groups excluding carboxylic acids is 1. The number of rotatable bonds is 8. The Balaban J connectivity index is 1.48. The van der Waals surface area contributed by atoms with Crippen molar-refractivity contribution in [2.45, 2.75) is 12.6 Å². The van der Waals surface area contributed by atoms with Gasteiger partial charge in [0, 0.05) is 43.9 Å². The van der Waals surface area contributed by atoms with Crippen LogP contribution in [0, 0.1) is 0 Å². The molecule has 1 heterocycles. The Bertz CT molecular complexity index is 823. The smallest absolute Gasteiger partial charge is 0.244 e. The Morgan fingerprint density at radius 1 is 1.21 bits per heavy atom. The quantitative estimate of drug-likeness (QED) is 0.696. The monoisotopic (exact) mass is 396 g/mol. The van der Waals surface area contributed by atoms with Gasteiger partial charge in [-0.1, -0.05) is 30.3 Å². The van der Waals surface area contributed by atoms with Crippen LogP contribution in [0.2, 0.25) is 0 Å². The van der Waals surface area contributed by atoms with E-state index in [0.717, 1.165) is 25.2 Å². The molecule has 0 radical (unpaired) electrons. The Labute approximate surface area is 172 Å². The first-order valence-electron chi connectivity index (χ1n) is 9.73. The molecule has 1 aliphatic rings. The van der Waals surface area contributed by atoms with E-state index >= 15 is 0 Å². The zero-order valence-electron chi connectivity index (χ0n) is 17.0. The lowest BCUT2D eigenvalue weighted by Gasteiger charge is -2.33. The highest BCUT2D eigenvalue weighted by Gasteiger charge is 2.20. The van der Waals surface area contributed by atoms with E-state index in [2.05, 4.69) is 34.5 Å². The fourth-order valence-corrected chi connectivity index (χ4v) is 3.28. The summed E-state index contributed by atoms with van der Waals surface area (Å²) in [6, 6.07) is 15.9. The fraction of sp³-hybridized carbons (Fsp3) is 0.348. The lowest BCUT2D eigenvalue weighted by Crippen LogP contribution is -2.46. The summed E-state index contributed by atoms with van der Waals surface area (Å²) in [6.07, 6.45) is 3.23. The van der Waals surface area contributed by atoms with Crippen molar-refractivity contribution in [2.24, 2.45) is 0 Å². The van der Waals surface area contributed by atoms with Gasteiger partial charge < -0.3 is 19.5 Å². The van der Waals surface area contributed by atoms with Gasteiger partial charge >= 0.3 is 0 Å². The summed E-state index contributed by atoms with van der Waals surface area (Å²) in [5.41, 5.74) is 2.10. The molecule has 1 aliphatic heterocycles. The first-order chi connectivity index (χ1) is 14.2. The van der Waals surface area contributed by atoms with E-state index in [1.807, 2.05) is 18.2 Å². The summed E-state index contributed by atoms with van der Waals surface area (Å²) >= 11 is 0. The third-order valence-electron chi connectivity index (χ3n) is 4.83. The molecule has 0 spiro atoms. The van der Waals surface area contributed by atoms with Crippen LogP contribution in [-0.2, 0) is 16.1 Å². The molecule has 0 aliphatic carbocycles. The minimum Gasteiger partial charge on any atom is -0.497 e. The topological polar surface area (TPSA) is 60.0 Å². The van der Waals surface area contributed by atoms with Gasteiger partial charge in [0.25, 0.3) is 0 Å². The van der Waals surface area contributed by atoms with Crippen LogP contribution in [0.1, 0.15) is 11.1 Å². The van der Waals surface area contributed by atoms with Crippen LogP contribution in [0.5, 0.6) is 11.5 Å². The number of nitrogens with one attached hydrogen (secondary N) is 1.